The van der Waals surface area contributed by atoms with Crippen molar-refractivity contribution in [2.45, 2.75) is 32.1 Å². The van der Waals surface area contributed by atoms with Crippen LogP contribution in [-0.4, -0.2) is 27.2 Å². The Hall–Kier alpha value is -1.84. The Morgan fingerprint density at radius 3 is 2.59 bits per heavy atom. The minimum Gasteiger partial charge on any atom is -0.301 e. The first-order valence-electron chi connectivity index (χ1n) is 6.79. The number of carbonyl (C=O) groups is 2. The van der Waals surface area contributed by atoms with Gasteiger partial charge in [0, 0.05) is 12.8 Å². The smallest absolute Gasteiger partial charge is 0.243 e. The summed E-state index contributed by atoms with van der Waals surface area (Å²) in [6, 6.07) is 3.90. The van der Waals surface area contributed by atoms with Gasteiger partial charge in [-0.25, -0.2) is 5.48 Å². The number of thiophene rings is 1. The number of aromatic nitrogens is 2. The Bertz CT molecular complexity index is 613. The average Bonchev–Trinajstić information content (AvgIpc) is 3.17. The van der Waals surface area contributed by atoms with E-state index in [1.54, 1.807) is 16.8 Å². The summed E-state index contributed by atoms with van der Waals surface area (Å²) in [5, 5.41) is 22.3. The van der Waals surface area contributed by atoms with Crippen molar-refractivity contribution >= 4 is 39.6 Å². The van der Waals surface area contributed by atoms with E-state index in [4.69, 9.17) is 5.21 Å². The van der Waals surface area contributed by atoms with Crippen LogP contribution in [0.15, 0.2) is 17.5 Å². The van der Waals surface area contributed by atoms with Crippen LogP contribution in [0.2, 0.25) is 0 Å². The molecule has 2 aromatic rings. The zero-order valence-electron chi connectivity index (χ0n) is 11.7. The van der Waals surface area contributed by atoms with Crippen molar-refractivity contribution in [3.63, 3.8) is 0 Å². The molecule has 118 valence electrons. The van der Waals surface area contributed by atoms with Crippen LogP contribution in [0.5, 0.6) is 0 Å². The zero-order chi connectivity index (χ0) is 15.8. The van der Waals surface area contributed by atoms with Crippen molar-refractivity contribution < 1.29 is 14.8 Å². The SMILES string of the molecule is O=C(CCCCCC(=O)Nc1nnc(-c2cccs2)s1)NO. The van der Waals surface area contributed by atoms with Crippen molar-refractivity contribution in [3.8, 4) is 9.88 Å². The summed E-state index contributed by atoms with van der Waals surface area (Å²) in [6.07, 6.45) is 2.70. The minimum absolute atomic E-state index is 0.111. The second-order valence-electron chi connectivity index (χ2n) is 4.53. The number of anilines is 1. The van der Waals surface area contributed by atoms with Gasteiger partial charge in [0.2, 0.25) is 16.9 Å². The summed E-state index contributed by atoms with van der Waals surface area (Å²) in [4.78, 5) is 23.6. The molecule has 0 atom stereocenters. The molecule has 0 aliphatic carbocycles. The fraction of sp³-hybridized carbons (Fsp3) is 0.385. The van der Waals surface area contributed by atoms with E-state index in [0.29, 0.717) is 24.4 Å². The fourth-order valence-electron chi connectivity index (χ4n) is 1.76. The molecule has 0 bridgehead atoms. The number of rotatable bonds is 8. The van der Waals surface area contributed by atoms with Gasteiger partial charge < -0.3 is 5.32 Å². The van der Waals surface area contributed by atoms with Crippen LogP contribution in [0, 0.1) is 0 Å². The van der Waals surface area contributed by atoms with Crippen molar-refractivity contribution in [2.24, 2.45) is 0 Å². The van der Waals surface area contributed by atoms with Crippen LogP contribution in [0.3, 0.4) is 0 Å². The summed E-state index contributed by atoms with van der Waals surface area (Å²) in [6.45, 7) is 0. The maximum atomic E-state index is 11.8. The number of nitrogens with one attached hydrogen (secondary N) is 2. The van der Waals surface area contributed by atoms with Crippen LogP contribution >= 0.6 is 22.7 Å². The second kappa shape index (κ2) is 8.57. The van der Waals surface area contributed by atoms with Gasteiger partial charge in [-0.15, -0.1) is 21.5 Å². The first kappa shape index (κ1) is 16.5. The highest BCUT2D eigenvalue weighted by molar-refractivity contribution is 7.23. The van der Waals surface area contributed by atoms with E-state index in [1.807, 2.05) is 17.5 Å². The Balaban J connectivity index is 1.68. The molecule has 0 spiro atoms. The summed E-state index contributed by atoms with van der Waals surface area (Å²) < 4.78 is 0. The molecule has 0 saturated heterocycles. The van der Waals surface area contributed by atoms with Gasteiger partial charge in [-0.2, -0.15) is 0 Å². The quantitative estimate of drug-likeness (QED) is 0.389. The van der Waals surface area contributed by atoms with Crippen molar-refractivity contribution in [1.29, 1.82) is 0 Å². The molecular formula is C13H16N4O3S2. The molecule has 7 nitrogen and oxygen atoms in total. The highest BCUT2D eigenvalue weighted by atomic mass is 32.1. The third-order valence-electron chi connectivity index (χ3n) is 2.84. The average molecular weight is 340 g/mol. The third-order valence-corrected chi connectivity index (χ3v) is 4.71. The van der Waals surface area contributed by atoms with Crippen LogP contribution in [-0.2, 0) is 9.59 Å². The molecule has 0 aromatic carbocycles. The summed E-state index contributed by atoms with van der Waals surface area (Å²) in [7, 11) is 0. The Morgan fingerprint density at radius 1 is 1.14 bits per heavy atom. The zero-order valence-corrected chi connectivity index (χ0v) is 13.4. The third kappa shape index (κ3) is 5.17. The van der Waals surface area contributed by atoms with E-state index < -0.39 is 5.91 Å². The molecule has 0 aliphatic heterocycles. The summed E-state index contributed by atoms with van der Waals surface area (Å²) in [5.74, 6) is -0.514. The van der Waals surface area contributed by atoms with Crippen molar-refractivity contribution in [2.75, 3.05) is 5.32 Å². The molecule has 0 aliphatic rings. The Labute approximate surface area is 135 Å². The van der Waals surface area contributed by atoms with E-state index in [9.17, 15) is 9.59 Å². The monoisotopic (exact) mass is 340 g/mol. The Morgan fingerprint density at radius 2 is 1.91 bits per heavy atom. The highest BCUT2D eigenvalue weighted by Crippen LogP contribution is 2.29. The number of carbonyl (C=O) groups excluding carboxylic acids is 2. The van der Waals surface area contributed by atoms with Gasteiger partial charge in [0.15, 0.2) is 5.01 Å². The number of hydrogen-bond acceptors (Lipinski definition) is 7. The van der Waals surface area contributed by atoms with Crippen molar-refractivity contribution in [1.82, 2.24) is 15.7 Å². The van der Waals surface area contributed by atoms with Crippen LogP contribution < -0.4 is 10.8 Å². The standard InChI is InChI=1S/C13H16N4O3S2/c18-10(6-2-1-3-7-11(19)17-20)14-13-16-15-12(22-13)9-5-4-8-21-9/h4-5,8,20H,1-3,6-7H2,(H,17,19)(H,14,16,18). The van der Waals surface area contributed by atoms with E-state index >= 15 is 0 Å². The lowest BCUT2D eigenvalue weighted by Gasteiger charge is -2.01. The largest absolute Gasteiger partial charge is 0.301 e. The number of nitrogens with zero attached hydrogens (tertiary/aromatic N) is 2. The predicted molar refractivity (Wildman–Crippen MR) is 84.9 cm³/mol. The molecule has 3 N–H and O–H groups in total. The van der Waals surface area contributed by atoms with E-state index in [2.05, 4.69) is 15.5 Å². The molecule has 0 saturated carbocycles. The molecule has 2 amide bonds. The van der Waals surface area contributed by atoms with Crippen LogP contribution in [0.1, 0.15) is 32.1 Å². The first-order chi connectivity index (χ1) is 10.7. The number of hydroxylamine groups is 1. The van der Waals surface area contributed by atoms with Gasteiger partial charge >= 0.3 is 0 Å². The second-order valence-corrected chi connectivity index (χ2v) is 6.46. The van der Waals surface area contributed by atoms with Gasteiger partial charge in [-0.3, -0.25) is 14.8 Å². The molecule has 0 radical (unpaired) electrons. The van der Waals surface area contributed by atoms with Crippen LogP contribution in [0.25, 0.3) is 9.88 Å². The molecule has 0 fully saturated rings. The maximum Gasteiger partial charge on any atom is 0.243 e. The van der Waals surface area contributed by atoms with Gasteiger partial charge in [0.05, 0.1) is 4.88 Å². The lowest BCUT2D eigenvalue weighted by molar-refractivity contribution is -0.129. The lowest BCUT2D eigenvalue weighted by atomic mass is 10.1. The van der Waals surface area contributed by atoms with Gasteiger partial charge in [0.25, 0.3) is 0 Å². The topological polar surface area (TPSA) is 104 Å². The fourth-order valence-corrected chi connectivity index (χ4v) is 3.31. The van der Waals surface area contributed by atoms with Gasteiger partial charge in [-0.1, -0.05) is 23.8 Å². The molecule has 2 aromatic heterocycles. The molecule has 0 unspecified atom stereocenters. The van der Waals surface area contributed by atoms with Gasteiger partial charge in [0.1, 0.15) is 0 Å². The highest BCUT2D eigenvalue weighted by Gasteiger charge is 2.10. The Kier molecular flexibility index (Phi) is 6.44. The van der Waals surface area contributed by atoms with Gasteiger partial charge in [-0.05, 0) is 24.3 Å². The molecule has 2 heterocycles. The summed E-state index contributed by atoms with van der Waals surface area (Å²) in [5.41, 5.74) is 1.58. The van der Waals surface area contributed by atoms with E-state index in [-0.39, 0.29) is 12.3 Å². The van der Waals surface area contributed by atoms with Crippen LogP contribution in [0.4, 0.5) is 5.13 Å². The predicted octanol–water partition coefficient (Wildman–Crippen LogP) is 2.66. The molecule has 2 rings (SSSR count). The number of unbranched alkanes of at least 4 members (excludes halogenated alkanes) is 2. The first-order valence-corrected chi connectivity index (χ1v) is 8.49. The van der Waals surface area contributed by atoms with E-state index in [1.165, 1.54) is 11.3 Å². The summed E-state index contributed by atoms with van der Waals surface area (Å²) >= 11 is 2.92. The minimum atomic E-state index is -0.403. The normalized spacial score (nSPS) is 10.4. The molecule has 9 heteroatoms. The molecular weight excluding hydrogens is 324 g/mol. The maximum absolute atomic E-state index is 11.8. The molecule has 22 heavy (non-hydrogen) atoms. The number of amides is 2. The lowest BCUT2D eigenvalue weighted by Crippen LogP contribution is -2.17. The number of hydrogen-bond donors (Lipinski definition) is 3. The van der Waals surface area contributed by atoms with Crippen molar-refractivity contribution in [3.05, 3.63) is 17.5 Å². The van der Waals surface area contributed by atoms with E-state index in [0.717, 1.165) is 16.3 Å².